The number of rotatable bonds is 4. The van der Waals surface area contributed by atoms with Crippen LogP contribution in [0.15, 0.2) is 18.2 Å². The van der Waals surface area contributed by atoms with Crippen LogP contribution in [0, 0.1) is 11.2 Å². The van der Waals surface area contributed by atoms with Crippen LogP contribution >= 0.6 is 11.6 Å². The van der Waals surface area contributed by atoms with Crippen LogP contribution in [0.25, 0.3) is 0 Å². The van der Waals surface area contributed by atoms with Crippen molar-refractivity contribution >= 4 is 11.6 Å². The van der Waals surface area contributed by atoms with Crippen molar-refractivity contribution in [1.29, 1.82) is 0 Å². The molecule has 1 aromatic rings. The first-order chi connectivity index (χ1) is 8.52. The van der Waals surface area contributed by atoms with E-state index in [0.29, 0.717) is 6.04 Å². The first-order valence-electron chi connectivity index (χ1n) is 6.70. The van der Waals surface area contributed by atoms with Gasteiger partial charge in [-0.15, -0.1) is 0 Å². The van der Waals surface area contributed by atoms with Crippen molar-refractivity contribution in [3.05, 3.63) is 34.6 Å². The van der Waals surface area contributed by atoms with Crippen LogP contribution in [0.3, 0.4) is 0 Å². The normalized spacial score (nSPS) is 27.7. The zero-order chi connectivity index (χ0) is 13.2. The molecule has 0 aliphatic heterocycles. The van der Waals surface area contributed by atoms with E-state index in [2.05, 4.69) is 19.2 Å². The Hall–Kier alpha value is -0.600. The van der Waals surface area contributed by atoms with Gasteiger partial charge in [-0.1, -0.05) is 31.5 Å². The monoisotopic (exact) mass is 269 g/mol. The summed E-state index contributed by atoms with van der Waals surface area (Å²) >= 11 is 5.71. The van der Waals surface area contributed by atoms with Crippen molar-refractivity contribution in [2.45, 2.75) is 45.6 Å². The van der Waals surface area contributed by atoms with Crippen molar-refractivity contribution in [1.82, 2.24) is 5.32 Å². The van der Waals surface area contributed by atoms with Gasteiger partial charge in [-0.25, -0.2) is 4.39 Å². The second-order valence-corrected chi connectivity index (χ2v) is 6.14. The molecule has 0 bridgehead atoms. The van der Waals surface area contributed by atoms with Gasteiger partial charge in [0.15, 0.2) is 0 Å². The van der Waals surface area contributed by atoms with Crippen LogP contribution in [-0.4, -0.2) is 12.6 Å². The standard InChI is InChI=1S/C15H21ClFN/c1-3-18-12-6-7-15(2,10-12)9-11-4-5-13(16)14(17)8-11/h4-5,8,12,18H,3,6-7,9-10H2,1-2H3. The first kappa shape index (κ1) is 13.8. The van der Waals surface area contributed by atoms with Crippen LogP contribution in [0.5, 0.6) is 0 Å². The lowest BCUT2D eigenvalue weighted by molar-refractivity contribution is 0.322. The molecule has 18 heavy (non-hydrogen) atoms. The van der Waals surface area contributed by atoms with E-state index in [9.17, 15) is 4.39 Å². The highest BCUT2D eigenvalue weighted by atomic mass is 35.5. The van der Waals surface area contributed by atoms with E-state index in [1.165, 1.54) is 19.3 Å². The Morgan fingerprint density at radius 1 is 1.50 bits per heavy atom. The van der Waals surface area contributed by atoms with Gasteiger partial charge in [-0.2, -0.15) is 0 Å². The summed E-state index contributed by atoms with van der Waals surface area (Å²) < 4.78 is 13.4. The molecule has 100 valence electrons. The van der Waals surface area contributed by atoms with E-state index in [-0.39, 0.29) is 16.3 Å². The molecule has 3 heteroatoms. The fourth-order valence-corrected chi connectivity index (χ4v) is 3.21. The summed E-state index contributed by atoms with van der Waals surface area (Å²) in [5.74, 6) is -0.306. The highest BCUT2D eigenvalue weighted by Gasteiger charge is 2.34. The maximum atomic E-state index is 13.4. The molecule has 1 nitrogen and oxygen atoms in total. The molecule has 0 spiro atoms. The van der Waals surface area contributed by atoms with Gasteiger partial charge in [0.2, 0.25) is 0 Å². The number of hydrogen-bond acceptors (Lipinski definition) is 1. The fourth-order valence-electron chi connectivity index (χ4n) is 3.09. The van der Waals surface area contributed by atoms with E-state index in [0.717, 1.165) is 18.5 Å². The van der Waals surface area contributed by atoms with Crippen LogP contribution in [-0.2, 0) is 6.42 Å². The highest BCUT2D eigenvalue weighted by molar-refractivity contribution is 6.30. The molecule has 1 aromatic carbocycles. The van der Waals surface area contributed by atoms with Crippen molar-refractivity contribution in [3.8, 4) is 0 Å². The second-order valence-electron chi connectivity index (χ2n) is 5.73. The molecule has 1 aliphatic carbocycles. The van der Waals surface area contributed by atoms with Gasteiger partial charge in [-0.3, -0.25) is 0 Å². The van der Waals surface area contributed by atoms with Gasteiger partial charge in [0.25, 0.3) is 0 Å². The molecule has 1 fully saturated rings. The molecule has 0 aromatic heterocycles. The van der Waals surface area contributed by atoms with E-state index in [1.54, 1.807) is 12.1 Å². The maximum Gasteiger partial charge on any atom is 0.142 e. The quantitative estimate of drug-likeness (QED) is 0.864. The van der Waals surface area contributed by atoms with Gasteiger partial charge in [-0.05, 0) is 55.3 Å². The molecule has 1 saturated carbocycles. The molecular formula is C15H21ClFN. The summed E-state index contributed by atoms with van der Waals surface area (Å²) in [5, 5.41) is 3.72. The Labute approximate surface area is 114 Å². The molecule has 2 unspecified atom stereocenters. The smallest absolute Gasteiger partial charge is 0.142 e. The summed E-state index contributed by atoms with van der Waals surface area (Å²) in [6.07, 6.45) is 4.53. The van der Waals surface area contributed by atoms with Gasteiger partial charge in [0.05, 0.1) is 5.02 Å². The van der Waals surface area contributed by atoms with Gasteiger partial charge in [0, 0.05) is 6.04 Å². The van der Waals surface area contributed by atoms with Crippen LogP contribution < -0.4 is 5.32 Å². The minimum absolute atomic E-state index is 0.209. The van der Waals surface area contributed by atoms with E-state index in [4.69, 9.17) is 11.6 Å². The van der Waals surface area contributed by atoms with E-state index >= 15 is 0 Å². The third kappa shape index (κ3) is 3.24. The topological polar surface area (TPSA) is 12.0 Å². The van der Waals surface area contributed by atoms with Crippen LogP contribution in [0.2, 0.25) is 5.02 Å². The van der Waals surface area contributed by atoms with Crippen molar-refractivity contribution in [2.75, 3.05) is 6.54 Å². The number of hydrogen-bond donors (Lipinski definition) is 1. The SMILES string of the molecule is CCNC1CCC(C)(Cc2ccc(Cl)c(F)c2)C1. The van der Waals surface area contributed by atoms with Gasteiger partial charge < -0.3 is 5.32 Å². The number of benzene rings is 1. The maximum absolute atomic E-state index is 13.4. The second kappa shape index (κ2) is 5.58. The minimum atomic E-state index is -0.306. The zero-order valence-corrected chi connectivity index (χ0v) is 11.9. The van der Waals surface area contributed by atoms with Crippen molar-refractivity contribution < 1.29 is 4.39 Å². The van der Waals surface area contributed by atoms with Crippen LogP contribution in [0.1, 0.15) is 38.7 Å². The predicted molar refractivity (Wildman–Crippen MR) is 74.5 cm³/mol. The Bertz CT molecular complexity index is 421. The molecule has 2 atom stereocenters. The zero-order valence-electron chi connectivity index (χ0n) is 11.1. The summed E-state index contributed by atoms with van der Waals surface area (Å²) in [6, 6.07) is 5.80. The van der Waals surface area contributed by atoms with E-state index < -0.39 is 0 Å². The fraction of sp³-hybridized carbons (Fsp3) is 0.600. The third-order valence-electron chi connectivity index (χ3n) is 3.94. The Balaban J connectivity index is 2.02. The molecule has 1 aliphatic rings. The van der Waals surface area contributed by atoms with Gasteiger partial charge in [0.1, 0.15) is 5.82 Å². The summed E-state index contributed by atoms with van der Waals surface area (Å²) in [6.45, 7) is 5.47. The Morgan fingerprint density at radius 3 is 2.94 bits per heavy atom. The average molecular weight is 270 g/mol. The number of nitrogens with one attached hydrogen (secondary N) is 1. The van der Waals surface area contributed by atoms with Crippen molar-refractivity contribution in [2.24, 2.45) is 5.41 Å². The minimum Gasteiger partial charge on any atom is -0.314 e. The Morgan fingerprint density at radius 2 is 2.28 bits per heavy atom. The number of halogens is 2. The average Bonchev–Trinajstić information content (AvgIpc) is 2.66. The molecule has 0 radical (unpaired) electrons. The van der Waals surface area contributed by atoms with Crippen LogP contribution in [0.4, 0.5) is 4.39 Å². The van der Waals surface area contributed by atoms with Crippen molar-refractivity contribution in [3.63, 3.8) is 0 Å². The lowest BCUT2D eigenvalue weighted by atomic mass is 9.82. The summed E-state index contributed by atoms with van der Waals surface area (Å²) in [4.78, 5) is 0. The first-order valence-corrected chi connectivity index (χ1v) is 7.07. The summed E-state index contributed by atoms with van der Waals surface area (Å²) in [5.41, 5.74) is 1.34. The molecule has 1 N–H and O–H groups in total. The molecule has 0 saturated heterocycles. The Kier molecular flexibility index (Phi) is 4.29. The molecular weight excluding hydrogens is 249 g/mol. The lowest BCUT2D eigenvalue weighted by Crippen LogP contribution is -2.28. The highest BCUT2D eigenvalue weighted by Crippen LogP contribution is 2.40. The van der Waals surface area contributed by atoms with Gasteiger partial charge >= 0.3 is 0 Å². The third-order valence-corrected chi connectivity index (χ3v) is 4.25. The molecule has 0 heterocycles. The summed E-state index contributed by atoms with van der Waals surface area (Å²) in [7, 11) is 0. The lowest BCUT2D eigenvalue weighted by Gasteiger charge is -2.24. The molecule has 2 rings (SSSR count). The largest absolute Gasteiger partial charge is 0.314 e. The predicted octanol–water partition coefficient (Wildman–Crippen LogP) is 4.19. The van der Waals surface area contributed by atoms with E-state index in [1.807, 2.05) is 6.07 Å². The molecule has 0 amide bonds.